The number of nitrogens with zero attached hydrogens (tertiary/aromatic N) is 2. The van der Waals surface area contributed by atoms with Gasteiger partial charge in [-0.1, -0.05) is 0 Å². The molecule has 1 aromatic rings. The highest BCUT2D eigenvalue weighted by atomic mass is 16.5. The summed E-state index contributed by atoms with van der Waals surface area (Å²) in [6.45, 7) is 2.24. The van der Waals surface area contributed by atoms with E-state index >= 15 is 0 Å². The predicted molar refractivity (Wildman–Crippen MR) is 78.6 cm³/mol. The standard InChI is InChI=1S/C15H19N3O3/c1-20-13-7-11(9-16)12(8-14(13)21-2)17-15(19)10-18-5-3-4-6-18/h7-8H,3-6,10H2,1-2H3,(H,17,19). The van der Waals surface area contributed by atoms with E-state index in [1.54, 1.807) is 12.1 Å². The lowest BCUT2D eigenvalue weighted by Crippen LogP contribution is -2.31. The number of nitrogens with one attached hydrogen (secondary N) is 1. The number of hydrogen-bond donors (Lipinski definition) is 1. The third-order valence-electron chi connectivity index (χ3n) is 3.48. The van der Waals surface area contributed by atoms with Crippen molar-refractivity contribution in [2.75, 3.05) is 39.2 Å². The summed E-state index contributed by atoms with van der Waals surface area (Å²) in [4.78, 5) is 14.2. The van der Waals surface area contributed by atoms with E-state index < -0.39 is 0 Å². The van der Waals surface area contributed by atoms with Crippen molar-refractivity contribution in [2.24, 2.45) is 0 Å². The van der Waals surface area contributed by atoms with E-state index in [9.17, 15) is 10.1 Å². The molecular formula is C15H19N3O3. The van der Waals surface area contributed by atoms with Crippen LogP contribution in [-0.4, -0.2) is 44.7 Å². The number of carbonyl (C=O) groups is 1. The topological polar surface area (TPSA) is 74.6 Å². The fourth-order valence-corrected chi connectivity index (χ4v) is 2.41. The minimum absolute atomic E-state index is 0.124. The number of methoxy groups -OCH3 is 2. The average Bonchev–Trinajstić information content (AvgIpc) is 2.99. The number of rotatable bonds is 5. The molecule has 1 heterocycles. The number of amides is 1. The largest absolute Gasteiger partial charge is 0.493 e. The highest BCUT2D eigenvalue weighted by Crippen LogP contribution is 2.33. The zero-order valence-electron chi connectivity index (χ0n) is 12.3. The quantitative estimate of drug-likeness (QED) is 0.891. The lowest BCUT2D eigenvalue weighted by atomic mass is 10.1. The van der Waals surface area contributed by atoms with Crippen LogP contribution in [0.1, 0.15) is 18.4 Å². The summed E-state index contributed by atoms with van der Waals surface area (Å²) in [5.74, 6) is 0.820. The summed E-state index contributed by atoms with van der Waals surface area (Å²) in [7, 11) is 3.02. The third-order valence-corrected chi connectivity index (χ3v) is 3.48. The van der Waals surface area contributed by atoms with E-state index in [1.165, 1.54) is 14.2 Å². The summed E-state index contributed by atoms with van der Waals surface area (Å²) >= 11 is 0. The molecule has 6 nitrogen and oxygen atoms in total. The van der Waals surface area contributed by atoms with Gasteiger partial charge in [-0.15, -0.1) is 0 Å². The van der Waals surface area contributed by atoms with Crippen molar-refractivity contribution in [3.05, 3.63) is 17.7 Å². The molecule has 1 amide bonds. The maximum absolute atomic E-state index is 12.1. The van der Waals surface area contributed by atoms with Gasteiger partial charge in [-0.05, 0) is 25.9 Å². The van der Waals surface area contributed by atoms with Crippen LogP contribution < -0.4 is 14.8 Å². The highest BCUT2D eigenvalue weighted by Gasteiger charge is 2.17. The number of anilines is 1. The molecule has 1 aliphatic heterocycles. The van der Waals surface area contributed by atoms with E-state index in [4.69, 9.17) is 9.47 Å². The van der Waals surface area contributed by atoms with Gasteiger partial charge in [-0.2, -0.15) is 5.26 Å². The molecule has 0 bridgehead atoms. The Hall–Kier alpha value is -2.26. The lowest BCUT2D eigenvalue weighted by molar-refractivity contribution is -0.117. The number of carbonyl (C=O) groups excluding carboxylic acids is 1. The summed E-state index contributed by atoms with van der Waals surface area (Å²) in [5.41, 5.74) is 0.793. The van der Waals surface area contributed by atoms with Gasteiger partial charge in [0.15, 0.2) is 11.5 Å². The SMILES string of the molecule is COc1cc(C#N)c(NC(=O)CN2CCCC2)cc1OC. The summed E-state index contributed by atoms with van der Waals surface area (Å²) in [5, 5.41) is 12.0. The van der Waals surface area contributed by atoms with Gasteiger partial charge in [0.05, 0.1) is 32.0 Å². The Bertz CT molecular complexity index is 560. The molecule has 0 unspecified atom stereocenters. The summed E-state index contributed by atoms with van der Waals surface area (Å²) in [6.07, 6.45) is 2.26. The van der Waals surface area contributed by atoms with E-state index in [1.807, 2.05) is 0 Å². The maximum Gasteiger partial charge on any atom is 0.238 e. The normalized spacial score (nSPS) is 14.5. The molecule has 0 radical (unpaired) electrons. The van der Waals surface area contributed by atoms with Gasteiger partial charge in [0.25, 0.3) is 0 Å². The van der Waals surface area contributed by atoms with Crippen molar-refractivity contribution in [2.45, 2.75) is 12.8 Å². The zero-order valence-corrected chi connectivity index (χ0v) is 12.3. The molecule has 6 heteroatoms. The number of benzene rings is 1. The van der Waals surface area contributed by atoms with E-state index in [2.05, 4.69) is 16.3 Å². The molecule has 0 atom stereocenters. The van der Waals surface area contributed by atoms with Gasteiger partial charge >= 0.3 is 0 Å². The molecule has 0 aromatic heterocycles. The van der Waals surface area contributed by atoms with Crippen LogP contribution in [0.3, 0.4) is 0 Å². The van der Waals surface area contributed by atoms with Crippen LogP contribution in [0.15, 0.2) is 12.1 Å². The molecule has 21 heavy (non-hydrogen) atoms. The Morgan fingerprint density at radius 3 is 2.48 bits per heavy atom. The second kappa shape index (κ2) is 6.95. The molecule has 1 N–H and O–H groups in total. The fraction of sp³-hybridized carbons (Fsp3) is 0.467. The first-order valence-corrected chi connectivity index (χ1v) is 6.86. The van der Waals surface area contributed by atoms with Crippen LogP contribution in [0.5, 0.6) is 11.5 Å². The Morgan fingerprint density at radius 2 is 1.90 bits per heavy atom. The van der Waals surface area contributed by atoms with Crippen LogP contribution in [0, 0.1) is 11.3 Å². The van der Waals surface area contributed by atoms with Gasteiger partial charge < -0.3 is 14.8 Å². The Kier molecular flexibility index (Phi) is 5.01. The van der Waals surface area contributed by atoms with Crippen molar-refractivity contribution in [1.29, 1.82) is 5.26 Å². The van der Waals surface area contributed by atoms with Gasteiger partial charge in [0.1, 0.15) is 6.07 Å². The minimum Gasteiger partial charge on any atom is -0.493 e. The third kappa shape index (κ3) is 3.64. The Morgan fingerprint density at radius 1 is 1.29 bits per heavy atom. The lowest BCUT2D eigenvalue weighted by Gasteiger charge is -2.16. The second-order valence-corrected chi connectivity index (χ2v) is 4.90. The van der Waals surface area contributed by atoms with Crippen LogP contribution >= 0.6 is 0 Å². The smallest absolute Gasteiger partial charge is 0.238 e. The molecule has 1 fully saturated rings. The fourth-order valence-electron chi connectivity index (χ4n) is 2.41. The zero-order chi connectivity index (χ0) is 15.2. The molecule has 0 saturated carbocycles. The van der Waals surface area contributed by atoms with E-state index in [-0.39, 0.29) is 5.91 Å². The minimum atomic E-state index is -0.124. The molecule has 2 rings (SSSR count). The maximum atomic E-state index is 12.1. The number of hydrogen-bond acceptors (Lipinski definition) is 5. The predicted octanol–water partition coefficient (Wildman–Crippen LogP) is 1.61. The number of likely N-dealkylation sites (tertiary alicyclic amines) is 1. The number of nitriles is 1. The van der Waals surface area contributed by atoms with E-state index in [0.717, 1.165) is 25.9 Å². The first-order valence-electron chi connectivity index (χ1n) is 6.86. The Balaban J connectivity index is 2.14. The molecule has 1 aliphatic rings. The molecule has 0 aliphatic carbocycles. The van der Waals surface area contributed by atoms with Gasteiger partial charge in [-0.3, -0.25) is 9.69 Å². The molecular weight excluding hydrogens is 270 g/mol. The second-order valence-electron chi connectivity index (χ2n) is 4.90. The van der Waals surface area contributed by atoms with Crippen LogP contribution in [-0.2, 0) is 4.79 Å². The van der Waals surface area contributed by atoms with E-state index in [0.29, 0.717) is 29.3 Å². The summed E-state index contributed by atoms with van der Waals surface area (Å²) < 4.78 is 10.3. The average molecular weight is 289 g/mol. The first-order chi connectivity index (χ1) is 10.2. The van der Waals surface area contributed by atoms with Crippen molar-refractivity contribution in [3.8, 4) is 17.6 Å². The highest BCUT2D eigenvalue weighted by molar-refractivity contribution is 5.94. The van der Waals surface area contributed by atoms with Crippen molar-refractivity contribution >= 4 is 11.6 Å². The van der Waals surface area contributed by atoms with Crippen molar-refractivity contribution in [3.63, 3.8) is 0 Å². The Labute approximate surface area is 124 Å². The molecule has 0 spiro atoms. The number of ether oxygens (including phenoxy) is 2. The van der Waals surface area contributed by atoms with Crippen LogP contribution in [0.4, 0.5) is 5.69 Å². The van der Waals surface area contributed by atoms with Gasteiger partial charge in [-0.25, -0.2) is 0 Å². The monoisotopic (exact) mass is 289 g/mol. The van der Waals surface area contributed by atoms with Gasteiger partial charge in [0, 0.05) is 12.1 Å². The summed E-state index contributed by atoms with van der Waals surface area (Å²) in [6, 6.07) is 5.23. The van der Waals surface area contributed by atoms with Gasteiger partial charge in [0.2, 0.25) is 5.91 Å². The molecule has 1 aromatic carbocycles. The van der Waals surface area contributed by atoms with Crippen molar-refractivity contribution in [1.82, 2.24) is 4.90 Å². The van der Waals surface area contributed by atoms with Crippen LogP contribution in [0.2, 0.25) is 0 Å². The molecule has 112 valence electrons. The first kappa shape index (κ1) is 15.1. The molecule has 1 saturated heterocycles. The van der Waals surface area contributed by atoms with Crippen LogP contribution in [0.25, 0.3) is 0 Å². The van der Waals surface area contributed by atoms with Crippen molar-refractivity contribution < 1.29 is 14.3 Å².